The summed E-state index contributed by atoms with van der Waals surface area (Å²) in [5.41, 5.74) is 0. The average Bonchev–Trinajstić information content (AvgIpc) is 2.95. The minimum atomic E-state index is -0.145. The molecule has 2 bridgehead atoms. The highest BCUT2D eigenvalue weighted by Gasteiger charge is 2.39. The Hall–Kier alpha value is -0.750. The van der Waals surface area contributed by atoms with Gasteiger partial charge in [0.2, 0.25) is 5.91 Å². The standard InChI is InChI=1S/C11H17N3O2S/c1-12-6-10(15)14(11(12)16)3-2-13-5-9-4-8(13)7-17-9/h8-9H,2-7H2,1H3/t8-,9-/m0/s1. The van der Waals surface area contributed by atoms with Gasteiger partial charge in [0.15, 0.2) is 0 Å². The number of carbonyl (C=O) groups excluding carboxylic acids is 2. The number of rotatable bonds is 3. The summed E-state index contributed by atoms with van der Waals surface area (Å²) in [4.78, 5) is 28.6. The maximum Gasteiger partial charge on any atom is 0.327 e. The Kier molecular flexibility index (Phi) is 2.78. The molecule has 3 fully saturated rings. The summed E-state index contributed by atoms with van der Waals surface area (Å²) < 4.78 is 0. The van der Waals surface area contributed by atoms with Gasteiger partial charge in [-0.2, -0.15) is 11.8 Å². The molecule has 17 heavy (non-hydrogen) atoms. The fraction of sp³-hybridized carbons (Fsp3) is 0.818. The first kappa shape index (κ1) is 11.3. The van der Waals surface area contributed by atoms with Crippen LogP contribution in [0.15, 0.2) is 0 Å². The van der Waals surface area contributed by atoms with Crippen molar-refractivity contribution in [3.63, 3.8) is 0 Å². The monoisotopic (exact) mass is 255 g/mol. The van der Waals surface area contributed by atoms with Gasteiger partial charge in [-0.15, -0.1) is 0 Å². The number of likely N-dealkylation sites (tertiary alicyclic amines) is 1. The molecular formula is C11H17N3O2S. The number of carbonyl (C=O) groups is 2. The Morgan fingerprint density at radius 3 is 2.71 bits per heavy atom. The molecule has 5 nitrogen and oxygen atoms in total. The number of fused-ring (bicyclic) bond motifs is 2. The van der Waals surface area contributed by atoms with Crippen molar-refractivity contribution in [2.75, 3.05) is 39.0 Å². The molecule has 0 spiro atoms. The molecule has 0 N–H and O–H groups in total. The number of likely N-dealkylation sites (N-methyl/N-ethyl adjacent to an activating group) is 1. The van der Waals surface area contributed by atoms with Crippen molar-refractivity contribution in [2.24, 2.45) is 0 Å². The highest BCUT2D eigenvalue weighted by molar-refractivity contribution is 8.00. The molecule has 3 saturated heterocycles. The van der Waals surface area contributed by atoms with Crippen LogP contribution in [0.1, 0.15) is 6.42 Å². The van der Waals surface area contributed by atoms with Crippen molar-refractivity contribution < 1.29 is 9.59 Å². The van der Waals surface area contributed by atoms with Crippen LogP contribution >= 0.6 is 11.8 Å². The van der Waals surface area contributed by atoms with Gasteiger partial charge in [-0.3, -0.25) is 14.6 Å². The molecule has 0 aromatic rings. The van der Waals surface area contributed by atoms with Gasteiger partial charge in [0.05, 0.1) is 0 Å². The van der Waals surface area contributed by atoms with Crippen molar-refractivity contribution >= 4 is 23.7 Å². The fourth-order valence-corrected chi connectivity index (χ4v) is 4.37. The Morgan fingerprint density at radius 1 is 1.35 bits per heavy atom. The summed E-state index contributed by atoms with van der Waals surface area (Å²) in [5, 5.41) is 0.785. The van der Waals surface area contributed by atoms with E-state index in [2.05, 4.69) is 16.7 Å². The second-order valence-electron chi connectivity index (χ2n) is 5.02. The maximum atomic E-state index is 11.7. The van der Waals surface area contributed by atoms with Crippen LogP contribution < -0.4 is 0 Å². The van der Waals surface area contributed by atoms with Crippen LogP contribution in [0.4, 0.5) is 4.79 Å². The molecule has 0 aliphatic carbocycles. The van der Waals surface area contributed by atoms with E-state index >= 15 is 0 Å². The minimum absolute atomic E-state index is 0.0590. The van der Waals surface area contributed by atoms with Gasteiger partial charge >= 0.3 is 6.03 Å². The number of hydrogen-bond acceptors (Lipinski definition) is 4. The largest absolute Gasteiger partial charge is 0.327 e. The van der Waals surface area contributed by atoms with Gasteiger partial charge in [-0.1, -0.05) is 0 Å². The van der Waals surface area contributed by atoms with E-state index in [0.717, 1.165) is 18.3 Å². The Morgan fingerprint density at radius 2 is 2.18 bits per heavy atom. The molecule has 0 aromatic heterocycles. The van der Waals surface area contributed by atoms with Crippen LogP contribution in [0.25, 0.3) is 0 Å². The Balaban J connectivity index is 1.54. The number of nitrogens with zero attached hydrogens (tertiary/aromatic N) is 3. The molecule has 0 saturated carbocycles. The maximum absolute atomic E-state index is 11.7. The van der Waals surface area contributed by atoms with Crippen molar-refractivity contribution in [1.82, 2.24) is 14.7 Å². The number of hydrogen-bond donors (Lipinski definition) is 0. The van der Waals surface area contributed by atoms with Crippen molar-refractivity contribution in [1.29, 1.82) is 0 Å². The molecule has 3 aliphatic heterocycles. The van der Waals surface area contributed by atoms with Gasteiger partial charge in [0.25, 0.3) is 0 Å². The molecule has 2 atom stereocenters. The lowest BCUT2D eigenvalue weighted by atomic mass is 10.2. The smallest absolute Gasteiger partial charge is 0.318 e. The number of imide groups is 1. The predicted molar refractivity (Wildman–Crippen MR) is 66.0 cm³/mol. The lowest BCUT2D eigenvalue weighted by Gasteiger charge is -2.27. The van der Waals surface area contributed by atoms with Crippen molar-refractivity contribution in [3.8, 4) is 0 Å². The van der Waals surface area contributed by atoms with E-state index in [9.17, 15) is 9.59 Å². The lowest BCUT2D eigenvalue weighted by Crippen LogP contribution is -2.42. The first-order chi connectivity index (χ1) is 8.15. The molecule has 94 valence electrons. The topological polar surface area (TPSA) is 43.9 Å². The zero-order valence-corrected chi connectivity index (χ0v) is 10.8. The quantitative estimate of drug-likeness (QED) is 0.670. The number of thioether (sulfide) groups is 1. The molecule has 3 heterocycles. The van der Waals surface area contributed by atoms with Gasteiger partial charge in [0.1, 0.15) is 6.54 Å². The van der Waals surface area contributed by atoms with Crippen LogP contribution in [-0.2, 0) is 4.79 Å². The summed E-state index contributed by atoms with van der Waals surface area (Å²) in [5.74, 6) is 1.16. The molecule has 3 rings (SSSR count). The molecule has 0 radical (unpaired) electrons. The molecule has 3 aliphatic rings. The van der Waals surface area contributed by atoms with Gasteiger partial charge in [-0.05, 0) is 6.42 Å². The van der Waals surface area contributed by atoms with Crippen LogP contribution in [0.2, 0.25) is 0 Å². The zero-order chi connectivity index (χ0) is 12.0. The van der Waals surface area contributed by atoms with Crippen LogP contribution in [0.5, 0.6) is 0 Å². The number of urea groups is 1. The van der Waals surface area contributed by atoms with E-state index in [1.54, 1.807) is 7.05 Å². The second-order valence-corrected chi connectivity index (χ2v) is 6.36. The molecule has 0 aromatic carbocycles. The molecule has 0 unspecified atom stereocenters. The van der Waals surface area contributed by atoms with Crippen LogP contribution in [-0.4, -0.2) is 76.9 Å². The minimum Gasteiger partial charge on any atom is -0.318 e. The highest BCUT2D eigenvalue weighted by Crippen LogP contribution is 2.37. The predicted octanol–water partition coefficient (Wildman–Crippen LogP) is 0.0701. The molecule has 3 amide bonds. The third kappa shape index (κ3) is 1.93. The SMILES string of the molecule is CN1CC(=O)N(CCN2C[C@@H]3C[C@H]2CS3)C1=O. The zero-order valence-electron chi connectivity index (χ0n) is 9.96. The van der Waals surface area contributed by atoms with Gasteiger partial charge in [0, 0.05) is 43.7 Å². The Bertz CT molecular complexity index is 363. The highest BCUT2D eigenvalue weighted by atomic mass is 32.2. The lowest BCUT2D eigenvalue weighted by molar-refractivity contribution is -0.125. The number of amides is 3. The fourth-order valence-electron chi connectivity index (χ4n) is 2.87. The third-order valence-electron chi connectivity index (χ3n) is 3.86. The third-order valence-corrected chi connectivity index (χ3v) is 5.25. The second kappa shape index (κ2) is 4.17. The van der Waals surface area contributed by atoms with Gasteiger partial charge < -0.3 is 4.90 Å². The van der Waals surface area contributed by atoms with E-state index in [0.29, 0.717) is 12.6 Å². The first-order valence-corrected chi connectivity index (χ1v) is 7.11. The van der Waals surface area contributed by atoms with Crippen LogP contribution in [0, 0.1) is 0 Å². The van der Waals surface area contributed by atoms with E-state index < -0.39 is 0 Å². The normalized spacial score (nSPS) is 33.2. The van der Waals surface area contributed by atoms with E-state index in [1.807, 2.05) is 0 Å². The summed E-state index contributed by atoms with van der Waals surface area (Å²) >= 11 is 2.06. The summed E-state index contributed by atoms with van der Waals surface area (Å²) in [6, 6.07) is 0.532. The van der Waals surface area contributed by atoms with E-state index in [1.165, 1.54) is 22.0 Å². The van der Waals surface area contributed by atoms with Gasteiger partial charge in [-0.25, -0.2) is 4.79 Å². The molecule has 6 heteroatoms. The van der Waals surface area contributed by atoms with E-state index in [4.69, 9.17) is 0 Å². The van der Waals surface area contributed by atoms with Crippen LogP contribution in [0.3, 0.4) is 0 Å². The molecular weight excluding hydrogens is 238 g/mol. The van der Waals surface area contributed by atoms with E-state index in [-0.39, 0.29) is 18.5 Å². The van der Waals surface area contributed by atoms with Crippen molar-refractivity contribution in [2.45, 2.75) is 17.7 Å². The Labute approximate surface area is 105 Å². The summed E-state index contributed by atoms with van der Waals surface area (Å²) in [6.07, 6.45) is 1.28. The summed E-state index contributed by atoms with van der Waals surface area (Å²) in [6.45, 7) is 2.76. The first-order valence-electron chi connectivity index (χ1n) is 6.06. The average molecular weight is 255 g/mol. The summed E-state index contributed by atoms with van der Waals surface area (Å²) in [7, 11) is 1.68. The van der Waals surface area contributed by atoms with Crippen molar-refractivity contribution in [3.05, 3.63) is 0 Å².